The summed E-state index contributed by atoms with van der Waals surface area (Å²) in [7, 11) is 0. The molecular weight excluding hydrogens is 224 g/mol. The standard InChI is InChI=1S/C15H20N2O/c1-2-4-15-14(3-1)12(11-18-15)5-10-17-13-6-8-16-9-7-13/h1-4,11,13,16-17H,5-10H2. The summed E-state index contributed by atoms with van der Waals surface area (Å²) in [5.74, 6) is 0. The van der Waals surface area contributed by atoms with Crippen LogP contribution in [0.15, 0.2) is 34.9 Å². The first-order chi connectivity index (χ1) is 8.93. The molecule has 1 aromatic heterocycles. The van der Waals surface area contributed by atoms with Crippen LogP contribution in [0, 0.1) is 0 Å². The first-order valence-electron chi connectivity index (χ1n) is 6.83. The fourth-order valence-corrected chi connectivity index (χ4v) is 2.66. The Hall–Kier alpha value is -1.32. The molecule has 0 atom stereocenters. The Morgan fingerprint density at radius 2 is 2.06 bits per heavy atom. The second kappa shape index (κ2) is 5.55. The molecule has 1 aromatic carbocycles. The zero-order valence-electron chi connectivity index (χ0n) is 10.6. The van der Waals surface area contributed by atoms with E-state index in [4.69, 9.17) is 4.42 Å². The van der Waals surface area contributed by atoms with Gasteiger partial charge < -0.3 is 15.1 Å². The lowest BCUT2D eigenvalue weighted by atomic mass is 10.1. The van der Waals surface area contributed by atoms with Crippen molar-refractivity contribution in [3.8, 4) is 0 Å². The van der Waals surface area contributed by atoms with Crippen LogP contribution in [-0.4, -0.2) is 25.7 Å². The summed E-state index contributed by atoms with van der Waals surface area (Å²) in [4.78, 5) is 0. The third-order valence-corrected chi connectivity index (χ3v) is 3.73. The maximum Gasteiger partial charge on any atom is 0.134 e. The minimum atomic E-state index is 0.685. The van der Waals surface area contributed by atoms with Crippen LogP contribution in [0.1, 0.15) is 18.4 Å². The van der Waals surface area contributed by atoms with Crippen molar-refractivity contribution in [2.75, 3.05) is 19.6 Å². The number of fused-ring (bicyclic) bond motifs is 1. The SMILES string of the molecule is c1ccc2c(CCNC3CCNCC3)coc2c1. The van der Waals surface area contributed by atoms with Gasteiger partial charge in [0, 0.05) is 11.4 Å². The van der Waals surface area contributed by atoms with Crippen LogP contribution in [-0.2, 0) is 6.42 Å². The van der Waals surface area contributed by atoms with Gasteiger partial charge >= 0.3 is 0 Å². The van der Waals surface area contributed by atoms with Crippen molar-refractivity contribution >= 4 is 11.0 Å². The molecule has 1 saturated heterocycles. The summed E-state index contributed by atoms with van der Waals surface area (Å²) < 4.78 is 5.55. The second-order valence-electron chi connectivity index (χ2n) is 4.99. The van der Waals surface area contributed by atoms with Crippen molar-refractivity contribution in [2.45, 2.75) is 25.3 Å². The molecular formula is C15H20N2O. The van der Waals surface area contributed by atoms with Gasteiger partial charge in [-0.3, -0.25) is 0 Å². The number of nitrogens with one attached hydrogen (secondary N) is 2. The van der Waals surface area contributed by atoms with E-state index in [2.05, 4.69) is 22.8 Å². The topological polar surface area (TPSA) is 37.2 Å². The van der Waals surface area contributed by atoms with E-state index in [1.807, 2.05) is 18.4 Å². The minimum absolute atomic E-state index is 0.685. The van der Waals surface area contributed by atoms with Crippen molar-refractivity contribution in [1.29, 1.82) is 0 Å². The van der Waals surface area contributed by atoms with E-state index in [0.29, 0.717) is 6.04 Å². The zero-order chi connectivity index (χ0) is 12.2. The van der Waals surface area contributed by atoms with Gasteiger partial charge in [-0.05, 0) is 50.5 Å². The molecule has 1 aliphatic heterocycles. The number of para-hydroxylation sites is 1. The number of benzene rings is 1. The van der Waals surface area contributed by atoms with Crippen LogP contribution < -0.4 is 10.6 Å². The molecule has 0 bridgehead atoms. The molecule has 2 N–H and O–H groups in total. The third kappa shape index (κ3) is 2.57. The summed E-state index contributed by atoms with van der Waals surface area (Å²) in [6.07, 6.45) is 5.42. The zero-order valence-corrected chi connectivity index (χ0v) is 10.6. The van der Waals surface area contributed by atoms with Gasteiger partial charge in [0.15, 0.2) is 0 Å². The number of piperidine rings is 1. The van der Waals surface area contributed by atoms with Gasteiger partial charge in [0.05, 0.1) is 6.26 Å². The van der Waals surface area contributed by atoms with Gasteiger partial charge in [0.1, 0.15) is 5.58 Å². The molecule has 96 valence electrons. The highest BCUT2D eigenvalue weighted by atomic mass is 16.3. The fraction of sp³-hybridized carbons (Fsp3) is 0.467. The lowest BCUT2D eigenvalue weighted by Crippen LogP contribution is -2.40. The summed E-state index contributed by atoms with van der Waals surface area (Å²) in [5, 5.41) is 8.29. The highest BCUT2D eigenvalue weighted by molar-refractivity contribution is 5.80. The molecule has 0 saturated carbocycles. The highest BCUT2D eigenvalue weighted by Gasteiger charge is 2.12. The molecule has 3 rings (SSSR count). The molecule has 3 nitrogen and oxygen atoms in total. The van der Waals surface area contributed by atoms with Crippen molar-refractivity contribution in [3.63, 3.8) is 0 Å². The molecule has 0 aliphatic carbocycles. The minimum Gasteiger partial charge on any atom is -0.464 e. The van der Waals surface area contributed by atoms with E-state index in [1.54, 1.807) is 0 Å². The summed E-state index contributed by atoms with van der Waals surface area (Å²) in [6.45, 7) is 3.33. The average Bonchev–Trinajstić information content (AvgIpc) is 2.84. The predicted octanol–water partition coefficient (Wildman–Crippen LogP) is 2.32. The molecule has 0 unspecified atom stereocenters. The Balaban J connectivity index is 1.56. The Kier molecular flexibility index (Phi) is 3.62. The van der Waals surface area contributed by atoms with Crippen molar-refractivity contribution < 1.29 is 4.42 Å². The quantitative estimate of drug-likeness (QED) is 0.866. The summed E-state index contributed by atoms with van der Waals surface area (Å²) in [5.41, 5.74) is 2.31. The van der Waals surface area contributed by atoms with Crippen LogP contribution >= 0.6 is 0 Å². The van der Waals surface area contributed by atoms with Gasteiger partial charge in [-0.2, -0.15) is 0 Å². The van der Waals surface area contributed by atoms with Crippen LogP contribution in [0.25, 0.3) is 11.0 Å². The van der Waals surface area contributed by atoms with Crippen LogP contribution in [0.5, 0.6) is 0 Å². The van der Waals surface area contributed by atoms with Crippen molar-refractivity contribution in [2.24, 2.45) is 0 Å². The van der Waals surface area contributed by atoms with Crippen LogP contribution in [0.3, 0.4) is 0 Å². The van der Waals surface area contributed by atoms with E-state index < -0.39 is 0 Å². The third-order valence-electron chi connectivity index (χ3n) is 3.73. The van der Waals surface area contributed by atoms with E-state index in [9.17, 15) is 0 Å². The smallest absolute Gasteiger partial charge is 0.134 e. The predicted molar refractivity (Wildman–Crippen MR) is 73.8 cm³/mol. The normalized spacial score (nSPS) is 17.3. The Labute approximate surface area is 108 Å². The van der Waals surface area contributed by atoms with Crippen molar-refractivity contribution in [1.82, 2.24) is 10.6 Å². The number of hydrogen-bond donors (Lipinski definition) is 2. The Bertz CT molecular complexity index is 500. The van der Waals surface area contributed by atoms with Crippen LogP contribution in [0.2, 0.25) is 0 Å². The Morgan fingerprint density at radius 1 is 1.22 bits per heavy atom. The summed E-state index contributed by atoms with van der Waals surface area (Å²) in [6, 6.07) is 8.94. The first-order valence-corrected chi connectivity index (χ1v) is 6.83. The molecule has 1 fully saturated rings. The number of furan rings is 1. The van der Waals surface area contributed by atoms with E-state index in [-0.39, 0.29) is 0 Å². The van der Waals surface area contributed by atoms with E-state index in [0.717, 1.165) is 31.6 Å². The van der Waals surface area contributed by atoms with Crippen molar-refractivity contribution in [3.05, 3.63) is 36.1 Å². The maximum absolute atomic E-state index is 5.55. The van der Waals surface area contributed by atoms with E-state index in [1.165, 1.54) is 23.8 Å². The molecule has 2 aromatic rings. The second-order valence-corrected chi connectivity index (χ2v) is 4.99. The summed E-state index contributed by atoms with van der Waals surface area (Å²) >= 11 is 0. The Morgan fingerprint density at radius 3 is 2.94 bits per heavy atom. The average molecular weight is 244 g/mol. The van der Waals surface area contributed by atoms with E-state index >= 15 is 0 Å². The lowest BCUT2D eigenvalue weighted by Gasteiger charge is -2.23. The first kappa shape index (κ1) is 11.8. The number of hydrogen-bond acceptors (Lipinski definition) is 3. The highest BCUT2D eigenvalue weighted by Crippen LogP contribution is 2.20. The molecule has 0 spiro atoms. The molecule has 3 heteroatoms. The van der Waals surface area contributed by atoms with Gasteiger partial charge in [-0.1, -0.05) is 18.2 Å². The molecule has 0 radical (unpaired) electrons. The van der Waals surface area contributed by atoms with Crippen LogP contribution in [0.4, 0.5) is 0 Å². The molecule has 1 aliphatic rings. The maximum atomic E-state index is 5.55. The number of rotatable bonds is 4. The fourth-order valence-electron chi connectivity index (χ4n) is 2.66. The molecule has 2 heterocycles. The van der Waals surface area contributed by atoms with Gasteiger partial charge in [0.25, 0.3) is 0 Å². The van der Waals surface area contributed by atoms with Gasteiger partial charge in [-0.25, -0.2) is 0 Å². The van der Waals surface area contributed by atoms with Gasteiger partial charge in [-0.15, -0.1) is 0 Å². The largest absolute Gasteiger partial charge is 0.464 e. The van der Waals surface area contributed by atoms with Gasteiger partial charge in [0.2, 0.25) is 0 Å². The molecule has 0 amide bonds. The molecule has 18 heavy (non-hydrogen) atoms. The lowest BCUT2D eigenvalue weighted by molar-refractivity contribution is 0.389. The monoisotopic (exact) mass is 244 g/mol.